The molecule has 1 rings (SSSR count). The molecule has 0 radical (unpaired) electrons. The van der Waals surface area contributed by atoms with Gasteiger partial charge >= 0.3 is 11.9 Å². The van der Waals surface area contributed by atoms with Crippen LogP contribution < -0.4 is 0 Å². The summed E-state index contributed by atoms with van der Waals surface area (Å²) in [6.07, 6.45) is 17.6. The molecule has 0 aromatic carbocycles. The number of unbranched alkanes of at least 4 members (excludes halogenated alkanes) is 10. The molecule has 0 bridgehead atoms. The summed E-state index contributed by atoms with van der Waals surface area (Å²) in [4.78, 5) is 22.9. The third kappa shape index (κ3) is 15.5. The van der Waals surface area contributed by atoms with Crippen LogP contribution in [0.4, 0.5) is 0 Å². The lowest BCUT2D eigenvalue weighted by atomic mass is 10.0. The van der Waals surface area contributed by atoms with Gasteiger partial charge in [-0.15, -0.1) is 0 Å². The second-order valence-corrected chi connectivity index (χ2v) is 8.74. The summed E-state index contributed by atoms with van der Waals surface area (Å²) in [5, 5.41) is 8.63. The van der Waals surface area contributed by atoms with Gasteiger partial charge < -0.3 is 14.6 Å². The Morgan fingerprint density at radius 2 is 1.47 bits per heavy atom. The highest BCUT2D eigenvalue weighted by Crippen LogP contribution is 2.21. The molecule has 0 aromatic rings. The summed E-state index contributed by atoms with van der Waals surface area (Å²) in [5.74, 6) is -0.919. The predicted octanol–water partition coefficient (Wildman–Crippen LogP) is 6.59. The number of hydrogen-bond donors (Lipinski definition) is 1. The van der Waals surface area contributed by atoms with Gasteiger partial charge in [0, 0.05) is 12.0 Å². The average Bonchev–Trinajstić information content (AvgIpc) is 3.54. The highest BCUT2D eigenvalue weighted by atomic mass is 16.6. The Kier molecular flexibility index (Phi) is 15.4. The van der Waals surface area contributed by atoms with E-state index in [0.717, 1.165) is 64.4 Å². The molecule has 5 heteroatoms. The van der Waals surface area contributed by atoms with E-state index in [2.05, 4.69) is 13.5 Å². The van der Waals surface area contributed by atoms with Crippen LogP contribution in [0.25, 0.3) is 0 Å². The Labute approximate surface area is 183 Å². The molecule has 0 spiro atoms. The van der Waals surface area contributed by atoms with E-state index in [9.17, 15) is 9.59 Å². The van der Waals surface area contributed by atoms with Crippen molar-refractivity contribution in [3.05, 3.63) is 12.2 Å². The van der Waals surface area contributed by atoms with Crippen LogP contribution in [0.3, 0.4) is 0 Å². The van der Waals surface area contributed by atoms with Gasteiger partial charge in [-0.2, -0.15) is 0 Å². The van der Waals surface area contributed by atoms with E-state index in [0.29, 0.717) is 24.5 Å². The number of carbonyl (C=O) groups excluding carboxylic acids is 1. The SMILES string of the molecule is C=C(CCC1CO1)C(=O)OC(CCCCCC)CCCCCCCCCCC(=O)O. The van der Waals surface area contributed by atoms with Crippen molar-refractivity contribution in [3.8, 4) is 0 Å². The molecule has 1 aliphatic rings. The van der Waals surface area contributed by atoms with Crippen molar-refractivity contribution in [3.63, 3.8) is 0 Å². The van der Waals surface area contributed by atoms with Gasteiger partial charge in [0.2, 0.25) is 0 Å². The monoisotopic (exact) mass is 424 g/mol. The number of hydrogen-bond acceptors (Lipinski definition) is 4. The van der Waals surface area contributed by atoms with Gasteiger partial charge in [-0.05, 0) is 44.9 Å². The van der Waals surface area contributed by atoms with Gasteiger partial charge in [0.25, 0.3) is 0 Å². The van der Waals surface area contributed by atoms with Gasteiger partial charge in [-0.1, -0.05) is 71.3 Å². The average molecular weight is 425 g/mol. The first kappa shape index (κ1) is 26.7. The first-order valence-electron chi connectivity index (χ1n) is 12.2. The fourth-order valence-electron chi connectivity index (χ4n) is 3.68. The van der Waals surface area contributed by atoms with Crippen molar-refractivity contribution in [2.45, 2.75) is 128 Å². The Bertz CT molecular complexity index is 484. The number of epoxide rings is 1. The van der Waals surface area contributed by atoms with Gasteiger partial charge in [0.1, 0.15) is 6.10 Å². The van der Waals surface area contributed by atoms with E-state index >= 15 is 0 Å². The lowest BCUT2D eigenvalue weighted by Gasteiger charge is -2.19. The molecular formula is C25H44O5. The fourth-order valence-corrected chi connectivity index (χ4v) is 3.68. The maximum Gasteiger partial charge on any atom is 0.333 e. The van der Waals surface area contributed by atoms with Crippen molar-refractivity contribution in [1.29, 1.82) is 0 Å². The highest BCUT2D eigenvalue weighted by Gasteiger charge is 2.24. The molecule has 1 saturated heterocycles. The third-order valence-electron chi connectivity index (χ3n) is 5.78. The molecular weight excluding hydrogens is 380 g/mol. The smallest absolute Gasteiger partial charge is 0.333 e. The van der Waals surface area contributed by atoms with E-state index in [-0.39, 0.29) is 12.1 Å². The van der Waals surface area contributed by atoms with Crippen LogP contribution in [-0.4, -0.2) is 35.9 Å². The Hall–Kier alpha value is -1.36. The number of rotatable bonds is 21. The minimum atomic E-state index is -0.694. The summed E-state index contributed by atoms with van der Waals surface area (Å²) in [6, 6.07) is 0. The van der Waals surface area contributed by atoms with Crippen LogP contribution in [0.1, 0.15) is 116 Å². The zero-order chi connectivity index (χ0) is 22.0. The molecule has 1 aliphatic heterocycles. The van der Waals surface area contributed by atoms with Crippen LogP contribution in [0.2, 0.25) is 0 Å². The van der Waals surface area contributed by atoms with Crippen LogP contribution in [-0.2, 0) is 19.1 Å². The zero-order valence-electron chi connectivity index (χ0n) is 19.2. The van der Waals surface area contributed by atoms with Crippen LogP contribution in [0.5, 0.6) is 0 Å². The van der Waals surface area contributed by atoms with E-state index in [1.54, 1.807) is 0 Å². The molecule has 1 heterocycles. The van der Waals surface area contributed by atoms with Gasteiger partial charge in [-0.3, -0.25) is 4.79 Å². The molecule has 30 heavy (non-hydrogen) atoms. The van der Waals surface area contributed by atoms with Gasteiger partial charge in [0.05, 0.1) is 12.7 Å². The standard InChI is InChI=1S/C25H44O5/c1-3-4-5-12-15-22(30-25(28)21(2)18-19-23-20-29-23)16-13-10-8-6-7-9-11-14-17-24(26)27/h22-23H,2-20H2,1H3,(H,26,27). The lowest BCUT2D eigenvalue weighted by Crippen LogP contribution is -2.19. The Balaban J connectivity index is 2.15. The molecule has 0 amide bonds. The normalized spacial score (nSPS) is 16.2. The zero-order valence-corrected chi connectivity index (χ0v) is 19.2. The Morgan fingerprint density at radius 3 is 2.00 bits per heavy atom. The first-order valence-corrected chi connectivity index (χ1v) is 12.2. The first-order chi connectivity index (χ1) is 14.5. The maximum absolute atomic E-state index is 12.4. The number of esters is 1. The molecule has 0 aliphatic carbocycles. The largest absolute Gasteiger partial charge is 0.481 e. The third-order valence-corrected chi connectivity index (χ3v) is 5.78. The second-order valence-electron chi connectivity index (χ2n) is 8.74. The van der Waals surface area contributed by atoms with E-state index in [1.165, 1.54) is 38.5 Å². The minimum absolute atomic E-state index is 0.0132. The van der Waals surface area contributed by atoms with Crippen molar-refractivity contribution < 1.29 is 24.2 Å². The molecule has 0 saturated carbocycles. The summed E-state index contributed by atoms with van der Waals surface area (Å²) in [7, 11) is 0. The van der Waals surface area contributed by atoms with E-state index < -0.39 is 5.97 Å². The van der Waals surface area contributed by atoms with Crippen LogP contribution >= 0.6 is 0 Å². The van der Waals surface area contributed by atoms with Gasteiger partial charge in [0.15, 0.2) is 0 Å². The number of carbonyl (C=O) groups is 2. The summed E-state index contributed by atoms with van der Waals surface area (Å²) in [5.41, 5.74) is 0.576. The van der Waals surface area contributed by atoms with E-state index in [4.69, 9.17) is 14.6 Å². The molecule has 1 N–H and O–H groups in total. The number of ether oxygens (including phenoxy) is 2. The predicted molar refractivity (Wildman–Crippen MR) is 121 cm³/mol. The lowest BCUT2D eigenvalue weighted by molar-refractivity contribution is -0.145. The molecule has 1 fully saturated rings. The summed E-state index contributed by atoms with van der Waals surface area (Å²) < 4.78 is 11.0. The van der Waals surface area contributed by atoms with Crippen molar-refractivity contribution >= 4 is 11.9 Å². The fraction of sp³-hybridized carbons (Fsp3) is 0.840. The Morgan fingerprint density at radius 1 is 0.933 bits per heavy atom. The highest BCUT2D eigenvalue weighted by molar-refractivity contribution is 5.87. The number of carboxylic acid groups (broad SMARTS) is 1. The number of carboxylic acids is 1. The van der Waals surface area contributed by atoms with E-state index in [1.807, 2.05) is 0 Å². The summed E-state index contributed by atoms with van der Waals surface area (Å²) in [6.45, 7) is 6.93. The molecule has 174 valence electrons. The quantitative estimate of drug-likeness (QED) is 0.0973. The molecule has 2 atom stereocenters. The number of aliphatic carboxylic acids is 1. The van der Waals surface area contributed by atoms with Gasteiger partial charge in [-0.25, -0.2) is 4.79 Å². The maximum atomic E-state index is 12.4. The second kappa shape index (κ2) is 17.3. The van der Waals surface area contributed by atoms with Crippen LogP contribution in [0, 0.1) is 0 Å². The summed E-state index contributed by atoms with van der Waals surface area (Å²) >= 11 is 0. The topological polar surface area (TPSA) is 76.1 Å². The molecule has 5 nitrogen and oxygen atoms in total. The van der Waals surface area contributed by atoms with Crippen molar-refractivity contribution in [2.24, 2.45) is 0 Å². The van der Waals surface area contributed by atoms with Crippen molar-refractivity contribution in [2.75, 3.05) is 6.61 Å². The molecule has 0 aromatic heterocycles. The van der Waals surface area contributed by atoms with Crippen LogP contribution in [0.15, 0.2) is 12.2 Å². The van der Waals surface area contributed by atoms with Crippen molar-refractivity contribution in [1.82, 2.24) is 0 Å². The minimum Gasteiger partial charge on any atom is -0.481 e. The molecule has 2 unspecified atom stereocenters.